The van der Waals surface area contributed by atoms with Crippen molar-refractivity contribution >= 4 is 23.4 Å². The van der Waals surface area contributed by atoms with E-state index in [9.17, 15) is 17.6 Å². The fourth-order valence-electron chi connectivity index (χ4n) is 2.83. The van der Waals surface area contributed by atoms with Gasteiger partial charge in [-0.15, -0.1) is 0 Å². The highest BCUT2D eigenvalue weighted by molar-refractivity contribution is 5.75. The van der Waals surface area contributed by atoms with Crippen LogP contribution in [-0.2, 0) is 10.3 Å². The SMILES string of the molecule is COc1ncc(Nc2ncc(C3(N)CC3)cc2-c2nc(C)nc(N)n2)cc1F.O=C(O)C(F)(F)F. The largest absolute Gasteiger partial charge is 0.490 e. The van der Waals surface area contributed by atoms with Gasteiger partial charge in [-0.1, -0.05) is 0 Å². The number of nitrogen functional groups attached to an aromatic ring is 1. The molecule has 0 unspecified atom stereocenters. The van der Waals surface area contributed by atoms with E-state index < -0.39 is 18.0 Å². The number of anilines is 3. The fraction of sp³-hybridized carbons (Fsp3) is 0.300. The molecule has 15 heteroatoms. The van der Waals surface area contributed by atoms with Crippen molar-refractivity contribution in [2.75, 3.05) is 18.2 Å². The summed E-state index contributed by atoms with van der Waals surface area (Å²) in [5.74, 6) is -2.08. The summed E-state index contributed by atoms with van der Waals surface area (Å²) < 4.78 is 50.6. The minimum absolute atomic E-state index is 0.0891. The number of carbonyl (C=O) groups is 1. The topological polar surface area (TPSA) is 175 Å². The number of rotatable bonds is 5. The Hall–Kier alpha value is -4.14. The maximum atomic E-state index is 14.0. The molecule has 0 spiro atoms. The van der Waals surface area contributed by atoms with Gasteiger partial charge >= 0.3 is 12.1 Å². The number of carboxylic acid groups (broad SMARTS) is 1. The fourth-order valence-corrected chi connectivity index (χ4v) is 2.83. The Morgan fingerprint density at radius 3 is 2.34 bits per heavy atom. The predicted octanol–water partition coefficient (Wildman–Crippen LogP) is 2.69. The molecule has 11 nitrogen and oxygen atoms in total. The van der Waals surface area contributed by atoms with Crippen molar-refractivity contribution in [3.63, 3.8) is 0 Å². The molecule has 0 bridgehead atoms. The number of nitrogens with zero attached hydrogens (tertiary/aromatic N) is 5. The van der Waals surface area contributed by atoms with Crippen LogP contribution in [0, 0.1) is 12.7 Å². The maximum Gasteiger partial charge on any atom is 0.490 e. The van der Waals surface area contributed by atoms with Gasteiger partial charge in [-0.2, -0.15) is 23.1 Å². The lowest BCUT2D eigenvalue weighted by atomic mass is 10.1. The Labute approximate surface area is 195 Å². The first kappa shape index (κ1) is 25.5. The minimum atomic E-state index is -5.08. The summed E-state index contributed by atoms with van der Waals surface area (Å²) in [5.41, 5.74) is 13.6. The molecule has 0 aromatic carbocycles. The van der Waals surface area contributed by atoms with Crippen LogP contribution < -0.4 is 21.5 Å². The van der Waals surface area contributed by atoms with Crippen LogP contribution in [0.2, 0.25) is 0 Å². The number of aryl methyl sites for hydroxylation is 1. The van der Waals surface area contributed by atoms with Gasteiger partial charge in [-0.25, -0.2) is 24.1 Å². The first-order chi connectivity index (χ1) is 16.3. The molecule has 0 radical (unpaired) electrons. The summed E-state index contributed by atoms with van der Waals surface area (Å²) in [5, 5.41) is 10.2. The van der Waals surface area contributed by atoms with Crippen molar-refractivity contribution in [2.45, 2.75) is 31.5 Å². The molecule has 1 fully saturated rings. The monoisotopic (exact) mass is 496 g/mol. The molecule has 6 N–H and O–H groups in total. The number of hydrogen-bond donors (Lipinski definition) is 4. The molecule has 0 amide bonds. The molecule has 0 saturated heterocycles. The van der Waals surface area contributed by atoms with Crippen LogP contribution in [0.25, 0.3) is 11.4 Å². The summed E-state index contributed by atoms with van der Waals surface area (Å²) in [6.45, 7) is 1.72. The number of carboxylic acids is 1. The van der Waals surface area contributed by atoms with Crippen molar-refractivity contribution in [1.82, 2.24) is 24.9 Å². The number of methoxy groups -OCH3 is 1. The normalized spacial score (nSPS) is 13.9. The Morgan fingerprint density at radius 2 is 1.83 bits per heavy atom. The van der Waals surface area contributed by atoms with Gasteiger partial charge in [0.15, 0.2) is 11.6 Å². The van der Waals surface area contributed by atoms with E-state index >= 15 is 0 Å². The molecular formula is C20H20F4N8O3. The average Bonchev–Trinajstić information content (AvgIpc) is 3.51. The number of nitrogens with one attached hydrogen (secondary N) is 1. The second-order valence-corrected chi connectivity index (χ2v) is 7.48. The first-order valence-electron chi connectivity index (χ1n) is 9.87. The van der Waals surface area contributed by atoms with E-state index in [2.05, 4.69) is 30.2 Å². The molecule has 35 heavy (non-hydrogen) atoms. The molecular weight excluding hydrogens is 476 g/mol. The second-order valence-electron chi connectivity index (χ2n) is 7.48. The zero-order valence-electron chi connectivity index (χ0n) is 18.4. The molecule has 186 valence electrons. The Balaban J connectivity index is 0.000000429. The standard InChI is InChI=1S/C18H19FN8O.C2HF3O2/c1-9-24-15(27-17(20)25-9)12-5-10(18(21)3-4-18)7-22-14(12)26-11-6-13(19)16(28-2)23-8-11;3-2(4,5)1(6)7/h5-8H,3-4,21H2,1-2H3,(H,22,26)(H2,20,24,25,27);(H,6,7). The Kier molecular flexibility index (Phi) is 7.00. The van der Waals surface area contributed by atoms with Gasteiger partial charge in [-0.05, 0) is 31.4 Å². The molecule has 3 aromatic rings. The lowest BCUT2D eigenvalue weighted by Crippen LogP contribution is -2.21. The number of pyridine rings is 2. The van der Waals surface area contributed by atoms with Gasteiger partial charge in [0.05, 0.1) is 24.6 Å². The number of halogens is 4. The summed E-state index contributed by atoms with van der Waals surface area (Å²) in [6, 6.07) is 3.15. The van der Waals surface area contributed by atoms with Crippen molar-refractivity contribution < 1.29 is 32.2 Å². The average molecular weight is 496 g/mol. The third-order valence-electron chi connectivity index (χ3n) is 4.76. The van der Waals surface area contributed by atoms with E-state index in [1.807, 2.05) is 6.07 Å². The number of alkyl halides is 3. The Bertz CT molecular complexity index is 1230. The predicted molar refractivity (Wildman–Crippen MR) is 115 cm³/mol. The van der Waals surface area contributed by atoms with Crippen molar-refractivity contribution in [3.8, 4) is 17.3 Å². The molecule has 4 rings (SSSR count). The first-order valence-corrected chi connectivity index (χ1v) is 9.87. The third kappa shape index (κ3) is 6.26. The smallest absolute Gasteiger partial charge is 0.479 e. The zero-order chi connectivity index (χ0) is 26.0. The number of aromatic nitrogens is 5. The van der Waals surface area contributed by atoms with E-state index in [-0.39, 0.29) is 17.4 Å². The van der Waals surface area contributed by atoms with Crippen LogP contribution >= 0.6 is 0 Å². The highest BCUT2D eigenvalue weighted by atomic mass is 19.4. The molecule has 0 atom stereocenters. The van der Waals surface area contributed by atoms with Crippen molar-refractivity contribution in [1.29, 1.82) is 0 Å². The second kappa shape index (κ2) is 9.61. The van der Waals surface area contributed by atoms with E-state index in [1.165, 1.54) is 19.4 Å². The molecule has 1 saturated carbocycles. The van der Waals surface area contributed by atoms with E-state index in [0.717, 1.165) is 18.4 Å². The van der Waals surface area contributed by atoms with Crippen molar-refractivity contribution in [3.05, 3.63) is 41.7 Å². The molecule has 3 heterocycles. The third-order valence-corrected chi connectivity index (χ3v) is 4.76. The lowest BCUT2D eigenvalue weighted by Gasteiger charge is -2.15. The van der Waals surface area contributed by atoms with Crippen LogP contribution in [0.4, 0.5) is 35.0 Å². The highest BCUT2D eigenvalue weighted by Gasteiger charge is 2.41. The Morgan fingerprint density at radius 1 is 1.17 bits per heavy atom. The number of aliphatic carboxylic acids is 1. The van der Waals surface area contributed by atoms with Gasteiger partial charge in [0, 0.05) is 17.8 Å². The van der Waals surface area contributed by atoms with Crippen LogP contribution in [0.15, 0.2) is 24.5 Å². The van der Waals surface area contributed by atoms with Gasteiger partial charge in [0.2, 0.25) is 11.8 Å². The summed E-state index contributed by atoms with van der Waals surface area (Å²) in [7, 11) is 1.35. The number of nitrogens with two attached hydrogens (primary N) is 2. The number of hydrogen-bond acceptors (Lipinski definition) is 10. The van der Waals surface area contributed by atoms with Crippen LogP contribution in [0.5, 0.6) is 5.88 Å². The van der Waals surface area contributed by atoms with E-state index in [4.69, 9.17) is 26.1 Å². The maximum absolute atomic E-state index is 14.0. The summed E-state index contributed by atoms with van der Waals surface area (Å²) in [4.78, 5) is 29.9. The quantitative estimate of drug-likeness (QED) is 0.382. The van der Waals surface area contributed by atoms with Crippen LogP contribution in [0.3, 0.4) is 0 Å². The molecule has 1 aliphatic rings. The van der Waals surface area contributed by atoms with E-state index in [0.29, 0.717) is 28.7 Å². The van der Waals surface area contributed by atoms with Gasteiger partial charge in [0.1, 0.15) is 11.6 Å². The van der Waals surface area contributed by atoms with Crippen molar-refractivity contribution in [2.24, 2.45) is 5.73 Å². The van der Waals surface area contributed by atoms with Gasteiger partial charge in [-0.3, -0.25) is 0 Å². The van der Waals surface area contributed by atoms with E-state index in [1.54, 1.807) is 13.1 Å². The molecule has 3 aromatic heterocycles. The highest BCUT2D eigenvalue weighted by Crippen LogP contribution is 2.44. The summed E-state index contributed by atoms with van der Waals surface area (Å²) in [6.07, 6.45) is -0.178. The lowest BCUT2D eigenvalue weighted by molar-refractivity contribution is -0.192. The van der Waals surface area contributed by atoms with Crippen LogP contribution in [0.1, 0.15) is 24.2 Å². The van der Waals surface area contributed by atoms with Gasteiger partial charge in [0.25, 0.3) is 0 Å². The van der Waals surface area contributed by atoms with Gasteiger partial charge < -0.3 is 26.6 Å². The minimum Gasteiger partial charge on any atom is -0.479 e. The van der Waals surface area contributed by atoms with Crippen LogP contribution in [-0.4, -0.2) is 49.3 Å². The summed E-state index contributed by atoms with van der Waals surface area (Å²) >= 11 is 0. The number of ether oxygens (including phenoxy) is 1. The molecule has 0 aliphatic heterocycles. The molecule has 1 aliphatic carbocycles. The zero-order valence-corrected chi connectivity index (χ0v) is 18.4.